The van der Waals surface area contributed by atoms with Gasteiger partial charge in [0.1, 0.15) is 0 Å². The standard InChI is InChI=1S/C25H24N2O2/c1-4-18-10-9-11-19(16-18)27-25(29)23-15-8-6-13-21(23)20-12-5-7-14-22(20)24(28)26-17(2)3/h4-17H,1H2,2-3H3,(H,26,28)(H,27,29). The van der Waals surface area contributed by atoms with Gasteiger partial charge in [-0.05, 0) is 54.8 Å². The zero-order valence-corrected chi connectivity index (χ0v) is 16.6. The Bertz CT molecular complexity index is 1050. The molecule has 0 spiro atoms. The molecular formula is C25H24N2O2. The van der Waals surface area contributed by atoms with Gasteiger partial charge in [-0.2, -0.15) is 0 Å². The van der Waals surface area contributed by atoms with Crippen LogP contribution >= 0.6 is 0 Å². The maximum absolute atomic E-state index is 13.0. The molecule has 3 rings (SSSR count). The lowest BCUT2D eigenvalue weighted by Gasteiger charge is -2.15. The molecule has 3 aromatic rings. The second kappa shape index (κ2) is 9.02. The molecule has 0 fully saturated rings. The minimum absolute atomic E-state index is 0.0197. The summed E-state index contributed by atoms with van der Waals surface area (Å²) in [4.78, 5) is 25.7. The van der Waals surface area contributed by atoms with E-state index in [1.165, 1.54) is 0 Å². The van der Waals surface area contributed by atoms with Gasteiger partial charge in [-0.1, -0.05) is 61.2 Å². The highest BCUT2D eigenvalue weighted by Crippen LogP contribution is 2.28. The van der Waals surface area contributed by atoms with Crippen molar-refractivity contribution in [3.05, 3.63) is 96.1 Å². The number of hydrogen-bond donors (Lipinski definition) is 2. The molecule has 3 aromatic carbocycles. The molecule has 0 saturated carbocycles. The predicted octanol–water partition coefficient (Wildman–Crippen LogP) is 5.39. The van der Waals surface area contributed by atoms with Gasteiger partial charge in [-0.25, -0.2) is 0 Å². The maximum atomic E-state index is 13.0. The van der Waals surface area contributed by atoms with Crippen LogP contribution in [0.2, 0.25) is 0 Å². The Morgan fingerprint density at radius 3 is 2.00 bits per heavy atom. The van der Waals surface area contributed by atoms with E-state index >= 15 is 0 Å². The fourth-order valence-corrected chi connectivity index (χ4v) is 3.11. The molecule has 0 aromatic heterocycles. The Balaban J connectivity index is 1.99. The first-order chi connectivity index (χ1) is 14.0. The van der Waals surface area contributed by atoms with Gasteiger partial charge in [-0.3, -0.25) is 9.59 Å². The third-order valence-corrected chi connectivity index (χ3v) is 4.43. The largest absolute Gasteiger partial charge is 0.350 e. The monoisotopic (exact) mass is 384 g/mol. The SMILES string of the molecule is C=Cc1cccc(NC(=O)c2ccccc2-c2ccccc2C(=O)NC(C)C)c1. The summed E-state index contributed by atoms with van der Waals surface area (Å²) in [6.45, 7) is 7.59. The van der Waals surface area contributed by atoms with E-state index in [2.05, 4.69) is 17.2 Å². The van der Waals surface area contributed by atoms with Crippen LogP contribution in [0.3, 0.4) is 0 Å². The van der Waals surface area contributed by atoms with Crippen LogP contribution in [0.25, 0.3) is 17.2 Å². The Labute approximate surface area is 171 Å². The lowest BCUT2D eigenvalue weighted by molar-refractivity contribution is 0.0942. The number of anilines is 1. The van der Waals surface area contributed by atoms with E-state index < -0.39 is 0 Å². The van der Waals surface area contributed by atoms with Gasteiger partial charge in [0.05, 0.1) is 0 Å². The third-order valence-electron chi connectivity index (χ3n) is 4.43. The quantitative estimate of drug-likeness (QED) is 0.599. The summed E-state index contributed by atoms with van der Waals surface area (Å²) in [5.74, 6) is -0.398. The van der Waals surface area contributed by atoms with Crippen LogP contribution in [0.4, 0.5) is 5.69 Å². The van der Waals surface area contributed by atoms with Crippen molar-refractivity contribution in [3.63, 3.8) is 0 Å². The molecule has 146 valence electrons. The molecule has 2 amide bonds. The lowest BCUT2D eigenvalue weighted by atomic mass is 9.94. The fraction of sp³-hybridized carbons (Fsp3) is 0.120. The molecule has 4 nitrogen and oxygen atoms in total. The van der Waals surface area contributed by atoms with E-state index in [0.717, 1.165) is 11.1 Å². The fourth-order valence-electron chi connectivity index (χ4n) is 3.11. The number of carbonyl (C=O) groups is 2. The highest BCUT2D eigenvalue weighted by molar-refractivity contribution is 6.11. The summed E-state index contributed by atoms with van der Waals surface area (Å²) in [6.07, 6.45) is 1.73. The first-order valence-electron chi connectivity index (χ1n) is 9.52. The Morgan fingerprint density at radius 2 is 1.41 bits per heavy atom. The van der Waals surface area contributed by atoms with Gasteiger partial charge in [0.25, 0.3) is 11.8 Å². The van der Waals surface area contributed by atoms with Crippen molar-refractivity contribution in [3.8, 4) is 11.1 Å². The normalized spacial score (nSPS) is 10.4. The number of carbonyl (C=O) groups excluding carboxylic acids is 2. The molecule has 0 aliphatic heterocycles. The van der Waals surface area contributed by atoms with Gasteiger partial charge in [0.15, 0.2) is 0 Å². The third kappa shape index (κ3) is 4.79. The van der Waals surface area contributed by atoms with Crippen LogP contribution in [0.15, 0.2) is 79.4 Å². The maximum Gasteiger partial charge on any atom is 0.256 e. The molecule has 2 N–H and O–H groups in total. The summed E-state index contributed by atoms with van der Waals surface area (Å²) in [7, 11) is 0. The highest BCUT2D eigenvalue weighted by Gasteiger charge is 2.18. The summed E-state index contributed by atoms with van der Waals surface area (Å²) in [5, 5.41) is 5.86. The number of nitrogens with one attached hydrogen (secondary N) is 2. The van der Waals surface area contributed by atoms with Crippen molar-refractivity contribution in [1.82, 2.24) is 5.32 Å². The smallest absolute Gasteiger partial charge is 0.256 e. The molecule has 0 bridgehead atoms. The molecule has 0 atom stereocenters. The van der Waals surface area contributed by atoms with Crippen LogP contribution < -0.4 is 10.6 Å². The zero-order valence-electron chi connectivity index (χ0n) is 16.6. The Morgan fingerprint density at radius 1 is 0.828 bits per heavy atom. The van der Waals surface area contributed by atoms with Gasteiger partial charge >= 0.3 is 0 Å². The second-order valence-electron chi connectivity index (χ2n) is 7.00. The van der Waals surface area contributed by atoms with E-state index in [-0.39, 0.29) is 17.9 Å². The summed E-state index contributed by atoms with van der Waals surface area (Å²) in [6, 6.07) is 22.1. The summed E-state index contributed by atoms with van der Waals surface area (Å²) >= 11 is 0. The molecular weight excluding hydrogens is 360 g/mol. The molecule has 0 aliphatic rings. The summed E-state index contributed by atoms with van der Waals surface area (Å²) < 4.78 is 0. The van der Waals surface area contributed by atoms with Crippen molar-refractivity contribution < 1.29 is 9.59 Å². The highest BCUT2D eigenvalue weighted by atomic mass is 16.2. The number of hydrogen-bond acceptors (Lipinski definition) is 2. The van der Waals surface area contributed by atoms with Crippen molar-refractivity contribution in [2.75, 3.05) is 5.32 Å². The van der Waals surface area contributed by atoms with E-state index in [4.69, 9.17) is 0 Å². The van der Waals surface area contributed by atoms with Crippen molar-refractivity contribution >= 4 is 23.6 Å². The van der Waals surface area contributed by atoms with Crippen molar-refractivity contribution in [2.24, 2.45) is 0 Å². The van der Waals surface area contributed by atoms with Crippen LogP contribution in [-0.4, -0.2) is 17.9 Å². The van der Waals surface area contributed by atoms with Crippen LogP contribution in [0.5, 0.6) is 0 Å². The summed E-state index contributed by atoms with van der Waals surface area (Å²) in [5.41, 5.74) is 4.08. The minimum atomic E-state index is -0.235. The lowest BCUT2D eigenvalue weighted by Crippen LogP contribution is -2.30. The Kier molecular flexibility index (Phi) is 6.25. The molecule has 0 unspecified atom stereocenters. The van der Waals surface area contributed by atoms with Crippen molar-refractivity contribution in [2.45, 2.75) is 19.9 Å². The molecule has 0 radical (unpaired) electrons. The zero-order chi connectivity index (χ0) is 20.8. The van der Waals surface area contributed by atoms with E-state index in [9.17, 15) is 9.59 Å². The average molecular weight is 384 g/mol. The molecule has 4 heteroatoms. The topological polar surface area (TPSA) is 58.2 Å². The van der Waals surface area contributed by atoms with E-state index in [1.54, 1.807) is 18.2 Å². The minimum Gasteiger partial charge on any atom is -0.350 e. The first-order valence-corrected chi connectivity index (χ1v) is 9.52. The van der Waals surface area contributed by atoms with Gasteiger partial charge in [-0.15, -0.1) is 0 Å². The molecule has 0 saturated heterocycles. The van der Waals surface area contributed by atoms with E-state index in [1.807, 2.05) is 74.5 Å². The first kappa shape index (κ1) is 20.1. The van der Waals surface area contributed by atoms with Gasteiger partial charge in [0.2, 0.25) is 0 Å². The molecule has 29 heavy (non-hydrogen) atoms. The van der Waals surface area contributed by atoms with Gasteiger partial charge in [0, 0.05) is 22.9 Å². The average Bonchev–Trinajstić information content (AvgIpc) is 2.73. The van der Waals surface area contributed by atoms with Crippen molar-refractivity contribution in [1.29, 1.82) is 0 Å². The van der Waals surface area contributed by atoms with Crippen LogP contribution in [-0.2, 0) is 0 Å². The van der Waals surface area contributed by atoms with E-state index in [0.29, 0.717) is 22.4 Å². The van der Waals surface area contributed by atoms with Crippen LogP contribution in [0, 0.1) is 0 Å². The second-order valence-corrected chi connectivity index (χ2v) is 7.00. The number of benzene rings is 3. The molecule has 0 aliphatic carbocycles. The molecule has 0 heterocycles. The van der Waals surface area contributed by atoms with Crippen LogP contribution in [0.1, 0.15) is 40.1 Å². The number of rotatable bonds is 6. The Hall–Kier alpha value is -3.66. The predicted molar refractivity (Wildman–Crippen MR) is 119 cm³/mol. The van der Waals surface area contributed by atoms with Gasteiger partial charge < -0.3 is 10.6 Å². The number of amides is 2.